The highest BCUT2D eigenvalue weighted by molar-refractivity contribution is 5.80. The predicted molar refractivity (Wildman–Crippen MR) is 82.8 cm³/mol. The van der Waals surface area contributed by atoms with Crippen LogP contribution in [0.2, 0.25) is 0 Å². The molecule has 3 heterocycles. The van der Waals surface area contributed by atoms with E-state index in [0.717, 1.165) is 0 Å². The SMILES string of the molecule is CC(C)c1nnc([C@H]2COCCN2C(=O)[C@@H](C)n2cccc2)o1. The molecule has 1 aliphatic rings. The first-order chi connectivity index (χ1) is 11.1. The Morgan fingerprint density at radius 2 is 2.00 bits per heavy atom. The van der Waals surface area contributed by atoms with Crippen LogP contribution >= 0.6 is 0 Å². The molecule has 2 aromatic heterocycles. The molecule has 2 atom stereocenters. The van der Waals surface area contributed by atoms with Crippen LogP contribution in [0.25, 0.3) is 0 Å². The first kappa shape index (κ1) is 15.7. The first-order valence-electron chi connectivity index (χ1n) is 7.92. The molecule has 0 radical (unpaired) electrons. The molecule has 0 N–H and O–H groups in total. The molecule has 1 fully saturated rings. The van der Waals surface area contributed by atoms with Crippen LogP contribution in [-0.4, -0.2) is 45.3 Å². The second kappa shape index (κ2) is 6.54. The van der Waals surface area contributed by atoms with Gasteiger partial charge in [-0.1, -0.05) is 13.8 Å². The molecular weight excluding hydrogens is 296 g/mol. The maximum Gasteiger partial charge on any atom is 0.246 e. The number of nitrogens with zero attached hydrogens (tertiary/aromatic N) is 4. The minimum Gasteiger partial charge on any atom is -0.423 e. The topological polar surface area (TPSA) is 73.4 Å². The number of rotatable bonds is 4. The van der Waals surface area contributed by atoms with Crippen LogP contribution in [0.4, 0.5) is 0 Å². The van der Waals surface area contributed by atoms with Gasteiger partial charge in [0.05, 0.1) is 13.2 Å². The Balaban J connectivity index is 1.81. The fraction of sp³-hybridized carbons (Fsp3) is 0.562. The van der Waals surface area contributed by atoms with Crippen LogP contribution in [0.1, 0.15) is 50.6 Å². The second-order valence-corrected chi connectivity index (χ2v) is 6.06. The van der Waals surface area contributed by atoms with E-state index in [-0.39, 0.29) is 23.9 Å². The van der Waals surface area contributed by atoms with Gasteiger partial charge in [-0.3, -0.25) is 4.79 Å². The van der Waals surface area contributed by atoms with Crippen molar-refractivity contribution in [3.63, 3.8) is 0 Å². The zero-order valence-electron chi connectivity index (χ0n) is 13.7. The highest BCUT2D eigenvalue weighted by atomic mass is 16.5. The summed E-state index contributed by atoms with van der Waals surface area (Å²) in [6.07, 6.45) is 3.78. The summed E-state index contributed by atoms with van der Waals surface area (Å²) in [4.78, 5) is 14.7. The Hall–Kier alpha value is -2.15. The van der Waals surface area contributed by atoms with Crippen molar-refractivity contribution in [2.24, 2.45) is 0 Å². The summed E-state index contributed by atoms with van der Waals surface area (Å²) >= 11 is 0. The minimum atomic E-state index is -0.325. The van der Waals surface area contributed by atoms with Crippen LogP contribution in [0.3, 0.4) is 0 Å². The number of aromatic nitrogens is 3. The van der Waals surface area contributed by atoms with E-state index in [9.17, 15) is 4.79 Å². The third kappa shape index (κ3) is 3.14. The monoisotopic (exact) mass is 318 g/mol. The van der Waals surface area contributed by atoms with Gasteiger partial charge in [0.2, 0.25) is 17.7 Å². The number of morpholine rings is 1. The molecule has 7 nitrogen and oxygen atoms in total. The molecule has 0 aliphatic carbocycles. The van der Waals surface area contributed by atoms with Crippen molar-refractivity contribution >= 4 is 5.91 Å². The summed E-state index contributed by atoms with van der Waals surface area (Å²) in [6, 6.07) is 3.22. The molecule has 1 amide bonds. The molecule has 0 unspecified atom stereocenters. The summed E-state index contributed by atoms with van der Waals surface area (Å²) in [5.74, 6) is 1.21. The van der Waals surface area contributed by atoms with Gasteiger partial charge in [-0.05, 0) is 19.1 Å². The lowest BCUT2D eigenvalue weighted by molar-refractivity contribution is -0.144. The van der Waals surface area contributed by atoms with Crippen LogP contribution in [0.15, 0.2) is 28.9 Å². The van der Waals surface area contributed by atoms with Gasteiger partial charge >= 0.3 is 0 Å². The van der Waals surface area contributed by atoms with E-state index in [0.29, 0.717) is 31.5 Å². The number of hydrogen-bond donors (Lipinski definition) is 0. The van der Waals surface area contributed by atoms with Gasteiger partial charge in [0.1, 0.15) is 12.1 Å². The second-order valence-electron chi connectivity index (χ2n) is 6.06. The van der Waals surface area contributed by atoms with Crippen LogP contribution < -0.4 is 0 Å². The lowest BCUT2D eigenvalue weighted by atomic mass is 10.1. The first-order valence-corrected chi connectivity index (χ1v) is 7.92. The molecule has 7 heteroatoms. The number of carbonyl (C=O) groups is 1. The zero-order chi connectivity index (χ0) is 16.4. The van der Waals surface area contributed by atoms with Crippen molar-refractivity contribution in [3.05, 3.63) is 36.3 Å². The van der Waals surface area contributed by atoms with E-state index in [2.05, 4.69) is 10.2 Å². The summed E-state index contributed by atoms with van der Waals surface area (Å²) in [6.45, 7) is 7.30. The Bertz CT molecular complexity index is 650. The highest BCUT2D eigenvalue weighted by Gasteiger charge is 2.35. The fourth-order valence-electron chi connectivity index (χ4n) is 2.66. The van der Waals surface area contributed by atoms with Crippen molar-refractivity contribution in [2.45, 2.75) is 38.8 Å². The van der Waals surface area contributed by atoms with Crippen LogP contribution in [0.5, 0.6) is 0 Å². The molecule has 0 spiro atoms. The molecular formula is C16H22N4O3. The van der Waals surface area contributed by atoms with Crippen LogP contribution in [-0.2, 0) is 9.53 Å². The molecule has 3 rings (SSSR count). The molecule has 0 aromatic carbocycles. The standard InChI is InChI=1S/C16H22N4O3/c1-11(2)14-17-18-15(23-14)13-10-22-9-8-20(13)16(21)12(3)19-6-4-5-7-19/h4-7,11-13H,8-10H2,1-3H3/t12-,13-/m1/s1. The van der Waals surface area contributed by atoms with Gasteiger partial charge in [0.25, 0.3) is 0 Å². The average Bonchev–Trinajstić information content (AvgIpc) is 3.24. The maximum absolute atomic E-state index is 12.9. The number of carbonyl (C=O) groups excluding carboxylic acids is 1. The molecule has 1 aliphatic heterocycles. The van der Waals surface area contributed by atoms with Gasteiger partial charge < -0.3 is 18.6 Å². The Morgan fingerprint density at radius 3 is 2.65 bits per heavy atom. The fourth-order valence-corrected chi connectivity index (χ4v) is 2.66. The van der Waals surface area contributed by atoms with E-state index in [4.69, 9.17) is 9.15 Å². The zero-order valence-corrected chi connectivity index (χ0v) is 13.7. The van der Waals surface area contributed by atoms with Crippen molar-refractivity contribution in [2.75, 3.05) is 19.8 Å². The lowest BCUT2D eigenvalue weighted by Gasteiger charge is -2.35. The normalized spacial score (nSPS) is 20.0. The Labute approximate surface area is 135 Å². The van der Waals surface area contributed by atoms with Gasteiger partial charge in [-0.2, -0.15) is 0 Å². The Morgan fingerprint density at radius 1 is 1.26 bits per heavy atom. The van der Waals surface area contributed by atoms with Crippen LogP contribution in [0, 0.1) is 0 Å². The third-order valence-corrected chi connectivity index (χ3v) is 4.08. The molecule has 23 heavy (non-hydrogen) atoms. The maximum atomic E-state index is 12.9. The van der Waals surface area contributed by atoms with Crippen molar-refractivity contribution in [3.8, 4) is 0 Å². The summed E-state index contributed by atoms with van der Waals surface area (Å²) < 4.78 is 13.2. The molecule has 0 saturated carbocycles. The summed E-state index contributed by atoms with van der Waals surface area (Å²) in [5.41, 5.74) is 0. The third-order valence-electron chi connectivity index (χ3n) is 4.08. The van der Waals surface area contributed by atoms with Gasteiger partial charge in [0, 0.05) is 24.9 Å². The Kier molecular flexibility index (Phi) is 4.47. The molecule has 124 valence electrons. The highest BCUT2D eigenvalue weighted by Crippen LogP contribution is 2.27. The number of amides is 1. The summed E-state index contributed by atoms with van der Waals surface area (Å²) in [7, 11) is 0. The predicted octanol–water partition coefficient (Wildman–Crippen LogP) is 2.16. The molecule has 1 saturated heterocycles. The average molecular weight is 318 g/mol. The van der Waals surface area contributed by atoms with Gasteiger partial charge in [0.15, 0.2) is 0 Å². The minimum absolute atomic E-state index is 0.0267. The van der Waals surface area contributed by atoms with E-state index >= 15 is 0 Å². The molecule has 0 bridgehead atoms. The number of ether oxygens (including phenoxy) is 1. The lowest BCUT2D eigenvalue weighted by Crippen LogP contribution is -2.46. The smallest absolute Gasteiger partial charge is 0.246 e. The van der Waals surface area contributed by atoms with E-state index in [1.807, 2.05) is 49.9 Å². The quantitative estimate of drug-likeness (QED) is 0.863. The van der Waals surface area contributed by atoms with Crippen molar-refractivity contribution in [1.29, 1.82) is 0 Å². The van der Waals surface area contributed by atoms with E-state index in [1.54, 1.807) is 4.90 Å². The summed E-state index contributed by atoms with van der Waals surface area (Å²) in [5, 5.41) is 8.18. The molecule has 2 aromatic rings. The number of hydrogen-bond acceptors (Lipinski definition) is 5. The van der Waals surface area contributed by atoms with E-state index in [1.165, 1.54) is 0 Å². The largest absolute Gasteiger partial charge is 0.423 e. The van der Waals surface area contributed by atoms with Crippen molar-refractivity contribution in [1.82, 2.24) is 19.7 Å². The van der Waals surface area contributed by atoms with Gasteiger partial charge in [-0.25, -0.2) is 0 Å². The van der Waals surface area contributed by atoms with Gasteiger partial charge in [-0.15, -0.1) is 10.2 Å². The van der Waals surface area contributed by atoms with Crippen molar-refractivity contribution < 1.29 is 13.9 Å². The van der Waals surface area contributed by atoms with E-state index < -0.39 is 0 Å².